The summed E-state index contributed by atoms with van der Waals surface area (Å²) in [6.45, 7) is 2.24. The third kappa shape index (κ3) is 4.38. The van der Waals surface area contributed by atoms with Crippen molar-refractivity contribution in [2.45, 2.75) is 62.9 Å². The summed E-state index contributed by atoms with van der Waals surface area (Å²) in [5.41, 5.74) is 1.97. The minimum Gasteiger partial charge on any atom is -0.443 e. The molecule has 3 atom stereocenters. The first-order chi connectivity index (χ1) is 16.4. The van der Waals surface area contributed by atoms with Gasteiger partial charge in [-0.1, -0.05) is 0 Å². The molecule has 0 bridgehead atoms. The van der Waals surface area contributed by atoms with Crippen LogP contribution < -0.4 is 10.6 Å². The highest BCUT2D eigenvalue weighted by Crippen LogP contribution is 2.39. The number of methoxy groups -OCH3 is 1. The van der Waals surface area contributed by atoms with Crippen molar-refractivity contribution in [3.63, 3.8) is 0 Å². The Balaban J connectivity index is 1.28. The Kier molecular flexibility index (Phi) is 5.57. The molecule has 0 aromatic carbocycles. The average molecular weight is 468 g/mol. The van der Waals surface area contributed by atoms with Gasteiger partial charge in [0.2, 0.25) is 5.95 Å². The summed E-state index contributed by atoms with van der Waals surface area (Å²) in [6, 6.07) is 3.86. The Morgan fingerprint density at radius 3 is 3.00 bits per heavy atom. The number of carbonyl (C=O) groups is 1. The zero-order valence-electron chi connectivity index (χ0n) is 18.8. The zero-order valence-corrected chi connectivity index (χ0v) is 18.8. The largest absolute Gasteiger partial charge is 0.443 e. The van der Waals surface area contributed by atoms with E-state index in [0.717, 1.165) is 18.5 Å². The summed E-state index contributed by atoms with van der Waals surface area (Å²) in [6.07, 6.45) is 2.99. The van der Waals surface area contributed by atoms with Crippen LogP contribution in [0.5, 0.6) is 0 Å². The minimum atomic E-state index is -1.24. The maximum absolute atomic E-state index is 14.6. The fraction of sp³-hybridized carbons (Fsp3) is 0.500. The van der Waals surface area contributed by atoms with E-state index in [9.17, 15) is 14.4 Å². The third-order valence-corrected chi connectivity index (χ3v) is 6.32. The van der Waals surface area contributed by atoms with Crippen LogP contribution in [-0.4, -0.2) is 55.6 Å². The number of imidazole rings is 1. The highest BCUT2D eigenvalue weighted by molar-refractivity contribution is 5.69. The Bertz CT molecular complexity index is 1260. The van der Waals surface area contributed by atoms with Crippen molar-refractivity contribution in [1.29, 1.82) is 5.26 Å². The van der Waals surface area contributed by atoms with Gasteiger partial charge in [0.15, 0.2) is 11.5 Å². The molecule has 1 amide bonds. The number of hydrogen-bond donors (Lipinski definition) is 3. The molecule has 2 saturated carbocycles. The number of nitrogens with one attached hydrogen (secondary N) is 3. The van der Waals surface area contributed by atoms with E-state index in [1.54, 1.807) is 23.8 Å². The van der Waals surface area contributed by atoms with E-state index in [0.29, 0.717) is 41.7 Å². The van der Waals surface area contributed by atoms with Crippen LogP contribution >= 0.6 is 0 Å². The van der Waals surface area contributed by atoms with Crippen molar-refractivity contribution in [3.05, 3.63) is 35.4 Å². The van der Waals surface area contributed by atoms with Crippen LogP contribution in [0.3, 0.4) is 0 Å². The van der Waals surface area contributed by atoms with Crippen molar-refractivity contribution >= 4 is 23.5 Å². The number of aromatic nitrogens is 5. The number of nitrogens with zero attached hydrogens (tertiary/aromatic N) is 5. The maximum atomic E-state index is 14.6. The topological polar surface area (TPSA) is 142 Å². The maximum Gasteiger partial charge on any atom is 0.407 e. The summed E-state index contributed by atoms with van der Waals surface area (Å²) in [7, 11) is 1.57. The molecule has 0 radical (unpaired) electrons. The van der Waals surface area contributed by atoms with Gasteiger partial charge in [-0.3, -0.25) is 9.50 Å². The molecule has 5 rings (SSSR count). The lowest BCUT2D eigenvalue weighted by Gasteiger charge is -2.17. The number of hydrogen-bond acceptors (Lipinski definition) is 8. The number of carbonyl (C=O) groups excluding carboxylic acids is 1. The van der Waals surface area contributed by atoms with Gasteiger partial charge >= 0.3 is 6.09 Å². The molecule has 0 spiro atoms. The normalized spacial score (nSPS) is 22.9. The molecule has 2 fully saturated rings. The number of ether oxygens (including phenoxy) is 2. The molecule has 3 N–H and O–H groups in total. The van der Waals surface area contributed by atoms with Gasteiger partial charge < -0.3 is 20.1 Å². The number of fused-ring (bicyclic) bond motifs is 1. The van der Waals surface area contributed by atoms with Crippen LogP contribution in [0.2, 0.25) is 0 Å². The van der Waals surface area contributed by atoms with E-state index in [2.05, 4.69) is 36.9 Å². The summed E-state index contributed by atoms with van der Waals surface area (Å²) in [5.74, 6) is 0.737. The number of H-pyrrole nitrogens is 1. The lowest BCUT2D eigenvalue weighted by atomic mass is 10.0. The van der Waals surface area contributed by atoms with E-state index in [-0.39, 0.29) is 17.9 Å². The second-order valence-electron chi connectivity index (χ2n) is 9.11. The molecule has 0 saturated heterocycles. The standard InChI is InChI=1S/C22H25FN8O3/c1-22(3-4-22)28-21(32)34-17-6-12(5-15(17)23)16-7-18(30-29-16)27-20-25-9-13(8-24)19-26-14(11-33-2)10-31(19)20/h7,9-10,12,15,17H,3-6,11H2,1-2H3,(H,28,32)(H2,25,27,29,30)/t12-,15+,17-/m0/s1. The van der Waals surface area contributed by atoms with Crippen molar-refractivity contribution in [2.75, 3.05) is 12.4 Å². The van der Waals surface area contributed by atoms with E-state index in [1.165, 1.54) is 6.20 Å². The van der Waals surface area contributed by atoms with Crippen LogP contribution in [-0.2, 0) is 16.1 Å². The van der Waals surface area contributed by atoms with Crippen LogP contribution in [0.4, 0.5) is 21.0 Å². The summed E-state index contributed by atoms with van der Waals surface area (Å²) < 4.78 is 26.7. The first-order valence-electron chi connectivity index (χ1n) is 11.1. The first-order valence-corrected chi connectivity index (χ1v) is 11.1. The number of aromatic amines is 1. The Morgan fingerprint density at radius 1 is 1.44 bits per heavy atom. The highest BCUT2D eigenvalue weighted by Gasteiger charge is 2.42. The minimum absolute atomic E-state index is 0.164. The van der Waals surface area contributed by atoms with Gasteiger partial charge in [0, 0.05) is 36.5 Å². The molecule has 2 aliphatic rings. The number of rotatable bonds is 7. The Labute approximate surface area is 194 Å². The monoisotopic (exact) mass is 468 g/mol. The molecule has 3 aromatic rings. The number of amides is 1. The van der Waals surface area contributed by atoms with Gasteiger partial charge in [-0.05, 0) is 32.6 Å². The summed E-state index contributed by atoms with van der Waals surface area (Å²) >= 11 is 0. The van der Waals surface area contributed by atoms with E-state index >= 15 is 0 Å². The smallest absolute Gasteiger partial charge is 0.407 e. The van der Waals surface area contributed by atoms with Gasteiger partial charge in [-0.15, -0.1) is 0 Å². The van der Waals surface area contributed by atoms with Crippen LogP contribution in [0.1, 0.15) is 55.5 Å². The fourth-order valence-electron chi connectivity index (χ4n) is 4.19. The molecule has 34 heavy (non-hydrogen) atoms. The van der Waals surface area contributed by atoms with Gasteiger partial charge in [0.25, 0.3) is 0 Å². The van der Waals surface area contributed by atoms with Gasteiger partial charge in [0.05, 0.1) is 18.5 Å². The molecule has 178 valence electrons. The second-order valence-corrected chi connectivity index (χ2v) is 9.11. The van der Waals surface area contributed by atoms with E-state index < -0.39 is 18.4 Å². The molecule has 3 heterocycles. The van der Waals surface area contributed by atoms with Gasteiger partial charge in [-0.2, -0.15) is 10.4 Å². The van der Waals surface area contributed by atoms with Crippen LogP contribution in [0, 0.1) is 11.3 Å². The molecule has 3 aromatic heterocycles. The van der Waals surface area contributed by atoms with Crippen molar-refractivity contribution in [1.82, 2.24) is 29.9 Å². The van der Waals surface area contributed by atoms with E-state index in [4.69, 9.17) is 9.47 Å². The van der Waals surface area contributed by atoms with Gasteiger partial charge in [0.1, 0.15) is 23.9 Å². The van der Waals surface area contributed by atoms with Gasteiger partial charge in [-0.25, -0.2) is 19.2 Å². The van der Waals surface area contributed by atoms with E-state index in [1.807, 2.05) is 6.92 Å². The Morgan fingerprint density at radius 2 is 2.26 bits per heavy atom. The third-order valence-electron chi connectivity index (χ3n) is 6.32. The molecule has 0 unspecified atom stereocenters. The second kappa shape index (κ2) is 8.57. The number of anilines is 2. The first kappa shape index (κ1) is 22.1. The summed E-state index contributed by atoms with van der Waals surface area (Å²) in [5, 5.41) is 22.5. The number of halogens is 1. The quantitative estimate of drug-likeness (QED) is 0.480. The predicted octanol–water partition coefficient (Wildman–Crippen LogP) is 3.08. The number of nitriles is 1. The van der Waals surface area contributed by atoms with Crippen LogP contribution in [0.15, 0.2) is 18.5 Å². The van der Waals surface area contributed by atoms with Crippen molar-refractivity contribution in [2.24, 2.45) is 0 Å². The van der Waals surface area contributed by atoms with Crippen LogP contribution in [0.25, 0.3) is 5.65 Å². The zero-order chi connectivity index (χ0) is 23.9. The van der Waals surface area contributed by atoms with Crippen molar-refractivity contribution in [3.8, 4) is 6.07 Å². The molecule has 12 heteroatoms. The molecule has 0 aliphatic heterocycles. The highest BCUT2D eigenvalue weighted by atomic mass is 19.1. The molecule has 2 aliphatic carbocycles. The lowest BCUT2D eigenvalue weighted by molar-refractivity contribution is 0.0583. The summed E-state index contributed by atoms with van der Waals surface area (Å²) in [4.78, 5) is 20.8. The predicted molar refractivity (Wildman–Crippen MR) is 118 cm³/mol. The molecular weight excluding hydrogens is 443 g/mol. The number of alkyl halides is 1. The number of alkyl carbamates (subject to hydrolysis) is 1. The average Bonchev–Trinajstić information content (AvgIpc) is 3.17. The van der Waals surface area contributed by atoms with Crippen molar-refractivity contribution < 1.29 is 18.7 Å². The SMILES string of the molecule is COCc1cn2c(Nc3cc([C@H]4C[C@@H](F)[C@@H](OC(=O)NC5(C)CC5)C4)[nH]n3)ncc(C#N)c2n1. The molecule has 11 nitrogen and oxygen atoms in total. The Hall–Kier alpha value is -3.72. The fourth-order valence-corrected chi connectivity index (χ4v) is 4.19. The lowest BCUT2D eigenvalue weighted by Crippen LogP contribution is -2.38. The molecular formula is C22H25FN8O3.